The van der Waals surface area contributed by atoms with E-state index in [9.17, 15) is 18.8 Å². The highest BCUT2D eigenvalue weighted by Gasteiger charge is 2.27. The summed E-state index contributed by atoms with van der Waals surface area (Å²) in [5, 5.41) is 28.7. The molecular weight excluding hydrogens is 1180 g/mol. The molecule has 1 atom stereocenters. The average molecular weight is 1300 g/mol. The molecule has 1 unspecified atom stereocenters. The zero-order chi connectivity index (χ0) is 65.1. The van der Waals surface area contributed by atoms with Crippen molar-refractivity contribution in [3.8, 4) is 5.75 Å². The molecule has 5 saturated carbocycles. The number of halogens is 2. The second-order valence-electron chi connectivity index (χ2n) is 27.7. The smallest absolute Gasteiger partial charge is 0.224 e. The lowest BCUT2D eigenvalue weighted by Gasteiger charge is -2.32. The number of methoxy groups -OCH3 is 1. The van der Waals surface area contributed by atoms with E-state index < -0.39 is 5.82 Å². The van der Waals surface area contributed by atoms with Gasteiger partial charge in [-0.1, -0.05) is 82.2 Å². The SMILES string of the molecule is CCCCC(C)CC(=O)NC1CCC(NCC2CCOCC2)CC1.COc1ccc(CCNC2CCC(NC(=O)Cc3cc(F)cc(Cl)c3)CC2)cc1.Cn1cc(CNC2CCC(N)CC2)cn1.O=C(CC1CCCCC1)NC1CCC(NCc2cccnc2)CC1. The number of unbranched alkanes of at least 4 members (excludes halogenated alkanes) is 1. The van der Waals surface area contributed by atoms with Crippen LogP contribution in [0.3, 0.4) is 0 Å². The molecule has 0 spiro atoms. The molecule has 512 valence electrons. The van der Waals surface area contributed by atoms with E-state index in [4.69, 9.17) is 26.8 Å². The van der Waals surface area contributed by atoms with Crippen molar-refractivity contribution in [2.24, 2.45) is 30.5 Å². The van der Waals surface area contributed by atoms with Gasteiger partial charge in [0.1, 0.15) is 11.6 Å². The Balaban J connectivity index is 0.000000178. The zero-order valence-electron chi connectivity index (χ0n) is 56.5. The van der Waals surface area contributed by atoms with Crippen molar-refractivity contribution in [1.29, 1.82) is 0 Å². The molecule has 1 aliphatic heterocycles. The van der Waals surface area contributed by atoms with Gasteiger partial charge in [0.25, 0.3) is 0 Å². The lowest BCUT2D eigenvalue weighted by Crippen LogP contribution is -2.43. The number of rotatable bonds is 26. The number of nitrogens with two attached hydrogens (primary N) is 1. The number of nitrogens with zero attached hydrogens (tertiary/aromatic N) is 3. The van der Waals surface area contributed by atoms with Crippen molar-refractivity contribution in [1.82, 2.24) is 52.0 Å². The van der Waals surface area contributed by atoms with Gasteiger partial charge in [0.05, 0.1) is 19.7 Å². The summed E-state index contributed by atoms with van der Waals surface area (Å²) in [4.78, 5) is 40.8. The Hall–Kier alpha value is -5.01. The summed E-state index contributed by atoms with van der Waals surface area (Å²) in [6.45, 7) is 10.2. The summed E-state index contributed by atoms with van der Waals surface area (Å²) in [7, 11) is 3.62. The fourth-order valence-corrected chi connectivity index (χ4v) is 14.4. The molecule has 92 heavy (non-hydrogen) atoms. The molecule has 6 aliphatic rings. The number of nitrogens with one attached hydrogen (secondary N) is 7. The summed E-state index contributed by atoms with van der Waals surface area (Å²) in [6.07, 6.45) is 40.6. The second kappa shape index (κ2) is 42.4. The van der Waals surface area contributed by atoms with Gasteiger partial charge >= 0.3 is 0 Å². The maximum Gasteiger partial charge on any atom is 0.224 e. The zero-order valence-corrected chi connectivity index (χ0v) is 57.3. The third kappa shape index (κ3) is 30.2. The summed E-state index contributed by atoms with van der Waals surface area (Å²) < 4.78 is 25.8. The molecule has 1 saturated heterocycles. The van der Waals surface area contributed by atoms with Crippen LogP contribution in [-0.2, 0) is 52.1 Å². The summed E-state index contributed by atoms with van der Waals surface area (Å²) in [5.41, 5.74) is 10.2. The van der Waals surface area contributed by atoms with Gasteiger partial charge in [-0.05, 0) is 219 Å². The van der Waals surface area contributed by atoms with Crippen molar-refractivity contribution in [2.75, 3.05) is 33.4 Å². The third-order valence-electron chi connectivity index (χ3n) is 19.8. The average Bonchev–Trinajstić information content (AvgIpc) is 4.07. The van der Waals surface area contributed by atoms with Crippen LogP contribution in [0.15, 0.2) is 79.4 Å². The monoisotopic (exact) mass is 1290 g/mol. The van der Waals surface area contributed by atoms with E-state index in [0.717, 1.165) is 141 Å². The Morgan fingerprint density at radius 2 is 1.23 bits per heavy atom. The number of ether oxygens (including phenoxy) is 2. The molecule has 0 radical (unpaired) electrons. The highest BCUT2D eigenvalue weighted by molar-refractivity contribution is 6.30. The van der Waals surface area contributed by atoms with Crippen molar-refractivity contribution >= 4 is 29.3 Å². The van der Waals surface area contributed by atoms with Crippen LogP contribution in [0, 0.1) is 23.6 Å². The third-order valence-corrected chi connectivity index (χ3v) is 20.0. The van der Waals surface area contributed by atoms with Crippen LogP contribution in [0.25, 0.3) is 0 Å². The van der Waals surface area contributed by atoms with Crippen molar-refractivity contribution in [3.05, 3.63) is 112 Å². The van der Waals surface area contributed by atoms with Crippen molar-refractivity contribution in [3.63, 3.8) is 0 Å². The topological polar surface area (TPSA) is 211 Å². The van der Waals surface area contributed by atoms with Gasteiger partial charge in [0.15, 0.2) is 0 Å². The van der Waals surface area contributed by atoms with E-state index >= 15 is 0 Å². The van der Waals surface area contributed by atoms with E-state index in [1.807, 2.05) is 48.5 Å². The summed E-state index contributed by atoms with van der Waals surface area (Å²) in [6, 6.07) is 20.2. The molecule has 18 heteroatoms. The van der Waals surface area contributed by atoms with Crippen LogP contribution in [0.1, 0.15) is 216 Å². The van der Waals surface area contributed by atoms with Gasteiger partial charge in [-0.15, -0.1) is 0 Å². The Morgan fingerprint density at radius 1 is 0.652 bits per heavy atom. The maximum atomic E-state index is 13.4. The molecule has 5 aliphatic carbocycles. The number of hydrogen-bond donors (Lipinski definition) is 8. The van der Waals surface area contributed by atoms with Gasteiger partial charge in [0, 0.05) is 124 Å². The minimum atomic E-state index is -0.415. The molecule has 0 bridgehead atoms. The summed E-state index contributed by atoms with van der Waals surface area (Å²) >= 11 is 5.85. The molecule has 3 heterocycles. The molecule has 2 aromatic heterocycles. The van der Waals surface area contributed by atoms with Gasteiger partial charge in [0.2, 0.25) is 17.7 Å². The predicted molar refractivity (Wildman–Crippen MR) is 370 cm³/mol. The first-order valence-corrected chi connectivity index (χ1v) is 36.2. The van der Waals surface area contributed by atoms with Crippen LogP contribution in [0.5, 0.6) is 5.75 Å². The minimum Gasteiger partial charge on any atom is -0.497 e. The molecule has 4 aromatic rings. The Labute approximate surface area is 556 Å². The number of amides is 3. The van der Waals surface area contributed by atoms with E-state index in [1.54, 1.807) is 13.2 Å². The largest absolute Gasteiger partial charge is 0.497 e. The van der Waals surface area contributed by atoms with Crippen molar-refractivity contribution < 1.29 is 28.2 Å². The minimum absolute atomic E-state index is 0.0809. The Bertz CT molecular complexity index is 2620. The first-order valence-electron chi connectivity index (χ1n) is 35.8. The molecule has 10 rings (SSSR count). The fourth-order valence-electron chi connectivity index (χ4n) is 14.1. The highest BCUT2D eigenvalue weighted by Crippen LogP contribution is 2.28. The molecule has 9 N–H and O–H groups in total. The number of hydrogen-bond acceptors (Lipinski definition) is 12. The van der Waals surface area contributed by atoms with E-state index in [1.165, 1.54) is 119 Å². The van der Waals surface area contributed by atoms with Gasteiger partial charge in [-0.3, -0.25) is 24.0 Å². The van der Waals surface area contributed by atoms with Crippen LogP contribution in [-0.4, -0.2) is 114 Å². The number of carbonyl (C=O) groups excluding carboxylic acids is 3. The molecule has 16 nitrogen and oxygen atoms in total. The van der Waals surface area contributed by atoms with E-state index in [2.05, 4.69) is 85.5 Å². The van der Waals surface area contributed by atoms with Crippen LogP contribution < -0.4 is 47.7 Å². The second-order valence-corrected chi connectivity index (χ2v) is 28.2. The number of pyridine rings is 1. The first kappa shape index (κ1) is 74.4. The lowest BCUT2D eigenvalue weighted by molar-refractivity contribution is -0.123. The Kier molecular flexibility index (Phi) is 34.3. The molecular formula is C74H117ClFN11O5. The Morgan fingerprint density at radius 3 is 1.80 bits per heavy atom. The lowest BCUT2D eigenvalue weighted by atomic mass is 9.86. The molecule has 3 amide bonds. The maximum absolute atomic E-state index is 13.4. The summed E-state index contributed by atoms with van der Waals surface area (Å²) in [5.74, 6) is 2.87. The van der Waals surface area contributed by atoms with E-state index in [-0.39, 0.29) is 30.2 Å². The van der Waals surface area contributed by atoms with Gasteiger partial charge in [-0.2, -0.15) is 5.10 Å². The number of aromatic nitrogens is 3. The van der Waals surface area contributed by atoms with E-state index in [0.29, 0.717) is 71.1 Å². The van der Waals surface area contributed by atoms with Crippen LogP contribution in [0.2, 0.25) is 5.02 Å². The normalized spacial score (nSPS) is 24.0. The van der Waals surface area contributed by atoms with Crippen LogP contribution in [0.4, 0.5) is 4.39 Å². The number of carbonyl (C=O) groups is 3. The van der Waals surface area contributed by atoms with Gasteiger partial charge in [-0.25, -0.2) is 4.39 Å². The van der Waals surface area contributed by atoms with Crippen molar-refractivity contribution in [2.45, 2.75) is 268 Å². The quantitative estimate of drug-likeness (QED) is 0.0295. The molecule has 2 aromatic carbocycles. The fraction of sp³-hybridized carbons (Fsp3) is 0.689. The standard InChI is InChI=1S/C23H28ClFN2O2.C20H31N3O.C20H38N2O2.C11H20N4/c1-29-22-8-2-16(3-9-22)10-11-26-20-4-6-21(7-5-20)27-23(28)14-17-12-18(24)15-19(25)13-17;24-20(13-16-5-2-1-3-6-16)23-19-10-8-18(9-11-19)22-15-17-7-4-12-21-14-17;1-3-4-5-16(2)14-20(23)22-19-8-6-18(7-9-19)21-15-17-10-12-24-13-11-17;1-15-8-9(7-14-15)6-13-11-4-2-10(12)3-5-11/h2-3,8-9,12-13,15,20-21,26H,4-7,10-11,14H2,1H3,(H,27,28);4,7,12,14,16,18-19,22H,1-3,5-6,8-11,13,15H2,(H,23,24);16-19,21H,3-15H2,1-2H3,(H,22,23);7-8,10-11,13H,2-6,12H2,1H3. The predicted octanol–water partition coefficient (Wildman–Crippen LogP) is 12.3. The highest BCUT2D eigenvalue weighted by atomic mass is 35.5. The van der Waals surface area contributed by atoms with Gasteiger partial charge < -0.3 is 52.4 Å². The number of benzene rings is 2. The molecule has 6 fully saturated rings. The number of aryl methyl sites for hydroxylation is 1. The first-order chi connectivity index (χ1) is 44.7. The van der Waals surface area contributed by atoms with Crippen LogP contribution >= 0.6 is 11.6 Å².